The summed E-state index contributed by atoms with van der Waals surface area (Å²) in [5.41, 5.74) is 0. The highest BCUT2D eigenvalue weighted by atomic mass is 19.1. The normalized spacial score (nSPS) is 28.5. The Kier molecular flexibility index (Phi) is 4.15. The molecule has 4 heteroatoms. The number of carbonyl (C=O) groups excluding carboxylic acids is 1. The van der Waals surface area contributed by atoms with Crippen molar-refractivity contribution in [2.75, 3.05) is 20.3 Å². The average molecular weight is 190 g/mol. The van der Waals surface area contributed by atoms with Gasteiger partial charge < -0.3 is 9.47 Å². The molecule has 0 N–H and O–H groups in total. The lowest BCUT2D eigenvalue weighted by atomic mass is 9.95. The molecule has 0 amide bonds. The van der Waals surface area contributed by atoms with Crippen LogP contribution in [0.4, 0.5) is 4.39 Å². The molecular formula is C9H15FO3. The van der Waals surface area contributed by atoms with Gasteiger partial charge in [0.15, 0.2) is 0 Å². The molecule has 0 aromatic rings. The zero-order valence-corrected chi connectivity index (χ0v) is 7.79. The lowest BCUT2D eigenvalue weighted by molar-refractivity contribution is -0.141. The van der Waals surface area contributed by atoms with Crippen LogP contribution in [0.1, 0.15) is 19.3 Å². The zero-order valence-electron chi connectivity index (χ0n) is 7.79. The lowest BCUT2D eigenvalue weighted by Gasteiger charge is -2.25. The summed E-state index contributed by atoms with van der Waals surface area (Å²) < 4.78 is 22.8. The minimum atomic E-state index is -0.821. The fourth-order valence-electron chi connectivity index (χ4n) is 1.44. The van der Waals surface area contributed by atoms with Crippen molar-refractivity contribution in [2.45, 2.75) is 25.4 Å². The van der Waals surface area contributed by atoms with Crippen LogP contribution in [0.15, 0.2) is 0 Å². The molecule has 0 radical (unpaired) electrons. The maximum atomic E-state index is 13.2. The van der Waals surface area contributed by atoms with E-state index in [1.807, 2.05) is 0 Å². The van der Waals surface area contributed by atoms with E-state index in [0.717, 1.165) is 0 Å². The van der Waals surface area contributed by atoms with Gasteiger partial charge in [-0.05, 0) is 6.42 Å². The van der Waals surface area contributed by atoms with Gasteiger partial charge in [-0.15, -0.1) is 0 Å². The van der Waals surface area contributed by atoms with Gasteiger partial charge in [0.2, 0.25) is 0 Å². The molecule has 1 aliphatic heterocycles. The van der Waals surface area contributed by atoms with E-state index in [1.54, 1.807) is 0 Å². The summed E-state index contributed by atoms with van der Waals surface area (Å²) in [6, 6.07) is 0. The summed E-state index contributed by atoms with van der Waals surface area (Å²) >= 11 is 0. The lowest BCUT2D eigenvalue weighted by Crippen LogP contribution is -2.29. The van der Waals surface area contributed by atoms with Crippen LogP contribution in [-0.2, 0) is 14.3 Å². The second kappa shape index (κ2) is 5.17. The van der Waals surface area contributed by atoms with Gasteiger partial charge in [-0.2, -0.15) is 0 Å². The second-order valence-corrected chi connectivity index (χ2v) is 3.25. The standard InChI is InChI=1S/C9H15FO3/c1-12-9(11)3-2-7-6-13-5-4-8(7)10/h7-8H,2-6H2,1H3. The van der Waals surface area contributed by atoms with E-state index in [0.29, 0.717) is 26.1 Å². The Morgan fingerprint density at radius 1 is 1.69 bits per heavy atom. The third-order valence-electron chi connectivity index (χ3n) is 2.33. The van der Waals surface area contributed by atoms with Crippen molar-refractivity contribution in [2.24, 2.45) is 5.92 Å². The summed E-state index contributed by atoms with van der Waals surface area (Å²) in [6.45, 7) is 0.925. The van der Waals surface area contributed by atoms with Crippen molar-refractivity contribution in [3.8, 4) is 0 Å². The largest absolute Gasteiger partial charge is 0.469 e. The van der Waals surface area contributed by atoms with Gasteiger partial charge in [0, 0.05) is 25.4 Å². The quantitative estimate of drug-likeness (QED) is 0.629. The Morgan fingerprint density at radius 3 is 3.08 bits per heavy atom. The summed E-state index contributed by atoms with van der Waals surface area (Å²) in [7, 11) is 1.34. The Hall–Kier alpha value is -0.640. The monoisotopic (exact) mass is 190 g/mol. The predicted molar refractivity (Wildman–Crippen MR) is 45.1 cm³/mol. The van der Waals surface area contributed by atoms with Crippen LogP contribution < -0.4 is 0 Å². The highest BCUT2D eigenvalue weighted by Crippen LogP contribution is 2.22. The first-order valence-corrected chi connectivity index (χ1v) is 4.52. The fourth-order valence-corrected chi connectivity index (χ4v) is 1.44. The number of carbonyl (C=O) groups is 1. The van der Waals surface area contributed by atoms with Crippen molar-refractivity contribution in [3.63, 3.8) is 0 Å². The third-order valence-corrected chi connectivity index (χ3v) is 2.33. The molecule has 76 valence electrons. The molecule has 2 unspecified atom stereocenters. The Labute approximate surface area is 77.2 Å². The van der Waals surface area contributed by atoms with Crippen molar-refractivity contribution < 1.29 is 18.7 Å². The molecule has 0 aliphatic carbocycles. The van der Waals surface area contributed by atoms with Crippen molar-refractivity contribution in [3.05, 3.63) is 0 Å². The van der Waals surface area contributed by atoms with Crippen molar-refractivity contribution in [1.82, 2.24) is 0 Å². The van der Waals surface area contributed by atoms with E-state index in [2.05, 4.69) is 4.74 Å². The van der Waals surface area contributed by atoms with Gasteiger partial charge in [-0.1, -0.05) is 0 Å². The molecule has 3 nitrogen and oxygen atoms in total. The Balaban J connectivity index is 2.22. The second-order valence-electron chi connectivity index (χ2n) is 3.25. The number of methoxy groups -OCH3 is 1. The molecule has 1 heterocycles. The Bertz CT molecular complexity index is 172. The average Bonchev–Trinajstić information content (AvgIpc) is 2.16. The van der Waals surface area contributed by atoms with E-state index >= 15 is 0 Å². The predicted octanol–water partition coefficient (Wildman–Crippen LogP) is 1.31. The highest BCUT2D eigenvalue weighted by molar-refractivity contribution is 5.69. The topological polar surface area (TPSA) is 35.5 Å². The summed E-state index contributed by atoms with van der Waals surface area (Å²) in [5, 5.41) is 0. The van der Waals surface area contributed by atoms with Crippen molar-refractivity contribution in [1.29, 1.82) is 0 Å². The highest BCUT2D eigenvalue weighted by Gasteiger charge is 2.25. The minimum absolute atomic E-state index is 0.132. The number of hydrogen-bond donors (Lipinski definition) is 0. The number of rotatable bonds is 3. The molecule has 2 atom stereocenters. The van der Waals surface area contributed by atoms with E-state index < -0.39 is 6.17 Å². The molecule has 0 aromatic heterocycles. The van der Waals surface area contributed by atoms with Gasteiger partial charge in [0.05, 0.1) is 13.7 Å². The molecule has 0 bridgehead atoms. The van der Waals surface area contributed by atoms with E-state index in [9.17, 15) is 9.18 Å². The van der Waals surface area contributed by atoms with E-state index in [4.69, 9.17) is 4.74 Å². The smallest absolute Gasteiger partial charge is 0.305 e. The fraction of sp³-hybridized carbons (Fsp3) is 0.889. The molecule has 1 fully saturated rings. The molecule has 0 saturated carbocycles. The van der Waals surface area contributed by atoms with Gasteiger partial charge in [-0.3, -0.25) is 4.79 Å². The van der Waals surface area contributed by atoms with Crippen LogP contribution in [0, 0.1) is 5.92 Å². The zero-order chi connectivity index (χ0) is 9.68. The summed E-state index contributed by atoms with van der Waals surface area (Å²) in [5.74, 6) is -0.411. The van der Waals surface area contributed by atoms with Crippen LogP contribution in [0.25, 0.3) is 0 Å². The number of hydrogen-bond acceptors (Lipinski definition) is 3. The first-order valence-electron chi connectivity index (χ1n) is 4.52. The third kappa shape index (κ3) is 3.30. The van der Waals surface area contributed by atoms with E-state index in [1.165, 1.54) is 7.11 Å². The maximum absolute atomic E-state index is 13.2. The minimum Gasteiger partial charge on any atom is -0.469 e. The molecule has 0 spiro atoms. The van der Waals surface area contributed by atoms with Gasteiger partial charge >= 0.3 is 5.97 Å². The number of ether oxygens (including phenoxy) is 2. The number of alkyl halides is 1. The molecule has 1 saturated heterocycles. The van der Waals surface area contributed by atoms with Crippen LogP contribution in [0.5, 0.6) is 0 Å². The van der Waals surface area contributed by atoms with Crippen LogP contribution in [-0.4, -0.2) is 32.5 Å². The van der Waals surface area contributed by atoms with Gasteiger partial charge in [-0.25, -0.2) is 4.39 Å². The van der Waals surface area contributed by atoms with Crippen molar-refractivity contribution >= 4 is 5.97 Å². The molecule has 13 heavy (non-hydrogen) atoms. The maximum Gasteiger partial charge on any atom is 0.305 e. The number of esters is 1. The molecule has 1 aliphatic rings. The van der Waals surface area contributed by atoms with E-state index in [-0.39, 0.29) is 18.3 Å². The van der Waals surface area contributed by atoms with Crippen LogP contribution >= 0.6 is 0 Å². The molecule has 0 aromatic carbocycles. The first kappa shape index (κ1) is 10.4. The number of halogens is 1. The van der Waals surface area contributed by atoms with Crippen LogP contribution in [0.3, 0.4) is 0 Å². The molecular weight excluding hydrogens is 175 g/mol. The van der Waals surface area contributed by atoms with Crippen LogP contribution in [0.2, 0.25) is 0 Å². The summed E-state index contributed by atoms with van der Waals surface area (Å²) in [4.78, 5) is 10.8. The van der Waals surface area contributed by atoms with Gasteiger partial charge in [0.25, 0.3) is 0 Å². The molecule has 1 rings (SSSR count). The first-order chi connectivity index (χ1) is 6.24. The Morgan fingerprint density at radius 2 is 2.46 bits per heavy atom. The summed E-state index contributed by atoms with van der Waals surface area (Å²) in [6.07, 6.45) is 0.434. The van der Waals surface area contributed by atoms with Gasteiger partial charge in [0.1, 0.15) is 6.17 Å². The SMILES string of the molecule is COC(=O)CCC1COCCC1F.